The van der Waals surface area contributed by atoms with E-state index in [1.807, 2.05) is 0 Å². The molecule has 25 atom stereocenters. The maximum absolute atomic E-state index is 14.3. The number of benzene rings is 2. The second kappa shape index (κ2) is 31.4. The quantitative estimate of drug-likeness (QED) is 0.0236. The number of hydrogen-bond donors (Lipinski definition) is 18. The average Bonchev–Trinajstić information content (AvgIpc) is 3.61. The number of nitrogens with zero attached hydrogens (tertiary/aromatic N) is 2. The summed E-state index contributed by atoms with van der Waals surface area (Å²) in [4.78, 5) is 61.0. The van der Waals surface area contributed by atoms with Gasteiger partial charge in [-0.25, -0.2) is 0 Å². The molecule has 25 unspecified atom stereocenters. The van der Waals surface area contributed by atoms with E-state index in [9.17, 15) is 101 Å². The van der Waals surface area contributed by atoms with Gasteiger partial charge in [0.2, 0.25) is 11.8 Å². The fraction of sp³-hybridized carbons (Fsp3) is 0.706. The number of carbonyl (C=O) groups is 3. The summed E-state index contributed by atoms with van der Waals surface area (Å²) in [6.45, 7) is -2.84. The standard InChI is InChI=1S/C51H75N7O30/c1-19(63)54-32-36(67)43(28(16-61)83-47(32)79-12-6-11-53-24-10-9-21(57(75)76)13-25(24)58(77)78)86-48-33(55-20(2)64)37(68)44(29(17-62)84-48)87-51-42(73)45(88-50-41(72)39(70)35(66)27(15-60)82-50)31(56-46(74)22-7-4-5-8-23(22)52-3)30(85-51)18-80-49-40(71)38(69)34(65)26(14-59)81-49/h4-5,7-10,13,26-45,47-53,59-62,65-73H,6,11-12,14-18H2,1-3H3,(H,54,63)(H,55,64)(H,56,74). The van der Waals surface area contributed by atoms with Crippen molar-refractivity contribution in [3.8, 4) is 0 Å². The molecular formula is C51H75N7O30. The first-order chi connectivity index (χ1) is 41.9. The zero-order chi connectivity index (χ0) is 64.4. The molecular weight excluding hydrogens is 1190 g/mol. The Morgan fingerprint density at radius 1 is 0.523 bits per heavy atom. The number of carbonyl (C=O) groups excluding carboxylic acids is 3. The molecule has 0 bridgehead atoms. The minimum absolute atomic E-state index is 0.00913. The SMILES string of the molecule is CNc1ccccc1C(=O)NC1C(COC2OC(CO)C(O)C(O)C2O)OC(OC2C(CO)OC(OC3C(CO)OC(OCCCNc4ccc([N+](=O)[O-])cc4[N+](=O)[O-])C(NC(C)=O)C3O)C(NC(C)=O)C2O)C(O)C1OC1OC(CO)C(O)C(O)C1O. The first kappa shape index (κ1) is 69.8. The van der Waals surface area contributed by atoms with Crippen LogP contribution < -0.4 is 26.6 Å². The minimum Gasteiger partial charge on any atom is -0.394 e. The molecule has 2 aromatic carbocycles. The van der Waals surface area contributed by atoms with Crippen LogP contribution in [-0.4, -0.2) is 301 Å². The molecule has 7 rings (SSSR count). The molecule has 37 nitrogen and oxygen atoms in total. The van der Waals surface area contributed by atoms with Gasteiger partial charge in [0.25, 0.3) is 17.3 Å². The van der Waals surface area contributed by atoms with E-state index in [1.165, 1.54) is 25.2 Å². The Morgan fingerprint density at radius 3 is 1.58 bits per heavy atom. The number of nitrogens with one attached hydrogen (secondary N) is 5. The molecule has 0 radical (unpaired) electrons. The number of non-ortho nitro benzene ring substituents is 1. The van der Waals surface area contributed by atoms with Crippen LogP contribution in [0.2, 0.25) is 0 Å². The molecule has 3 amide bonds. The molecule has 5 aliphatic heterocycles. The number of amides is 3. The zero-order valence-electron chi connectivity index (χ0n) is 47.3. The van der Waals surface area contributed by atoms with Gasteiger partial charge in [-0.1, -0.05) is 12.1 Å². The van der Waals surface area contributed by atoms with Crippen molar-refractivity contribution in [1.29, 1.82) is 0 Å². The van der Waals surface area contributed by atoms with Crippen LogP contribution >= 0.6 is 0 Å². The second-order valence-electron chi connectivity index (χ2n) is 21.1. The Hall–Kier alpha value is -5.67. The van der Waals surface area contributed by atoms with Gasteiger partial charge in [0.15, 0.2) is 31.5 Å². The Balaban J connectivity index is 1.15. The van der Waals surface area contributed by atoms with Crippen LogP contribution in [0.15, 0.2) is 42.5 Å². The summed E-state index contributed by atoms with van der Waals surface area (Å²) in [5.74, 6) is -2.47. The second-order valence-corrected chi connectivity index (χ2v) is 21.1. The van der Waals surface area contributed by atoms with E-state index in [-0.39, 0.29) is 36.5 Å². The summed E-state index contributed by atoms with van der Waals surface area (Å²) < 4.78 is 59.8. The third kappa shape index (κ3) is 16.1. The number of para-hydroxylation sites is 1. The molecule has 5 fully saturated rings. The Labute approximate surface area is 499 Å². The highest BCUT2D eigenvalue weighted by molar-refractivity contribution is 5.99. The van der Waals surface area contributed by atoms with Crippen LogP contribution in [0.5, 0.6) is 0 Å². The van der Waals surface area contributed by atoms with Crippen LogP contribution in [-0.2, 0) is 57.0 Å². The van der Waals surface area contributed by atoms with Crippen molar-refractivity contribution in [3.05, 3.63) is 68.3 Å². The molecule has 0 spiro atoms. The molecule has 5 saturated heterocycles. The molecule has 0 saturated carbocycles. The van der Waals surface area contributed by atoms with Gasteiger partial charge in [-0.15, -0.1) is 0 Å². The van der Waals surface area contributed by atoms with Crippen molar-refractivity contribution in [2.24, 2.45) is 0 Å². The van der Waals surface area contributed by atoms with E-state index in [0.29, 0.717) is 0 Å². The molecule has 5 heterocycles. The van der Waals surface area contributed by atoms with Crippen LogP contribution in [0.1, 0.15) is 30.6 Å². The highest BCUT2D eigenvalue weighted by atomic mass is 16.8. The lowest BCUT2D eigenvalue weighted by atomic mass is 9.93. The number of aliphatic hydroxyl groups excluding tert-OH is 13. The third-order valence-corrected chi connectivity index (χ3v) is 15.2. The average molecular weight is 1270 g/mol. The fourth-order valence-electron chi connectivity index (χ4n) is 10.6. The molecule has 0 aromatic heterocycles. The summed E-state index contributed by atoms with van der Waals surface area (Å²) in [6.07, 6.45) is -41.6. The molecule has 494 valence electrons. The van der Waals surface area contributed by atoms with Crippen molar-refractivity contribution in [2.45, 2.75) is 174 Å². The van der Waals surface area contributed by atoms with Crippen molar-refractivity contribution >= 4 is 40.5 Å². The summed E-state index contributed by atoms with van der Waals surface area (Å²) in [7, 11) is 1.51. The lowest BCUT2D eigenvalue weighted by Gasteiger charge is -2.51. The van der Waals surface area contributed by atoms with Gasteiger partial charge in [0, 0.05) is 39.2 Å². The van der Waals surface area contributed by atoms with Crippen LogP contribution in [0.3, 0.4) is 0 Å². The third-order valence-electron chi connectivity index (χ3n) is 15.2. The Morgan fingerprint density at radius 2 is 1.02 bits per heavy atom. The van der Waals surface area contributed by atoms with E-state index in [2.05, 4.69) is 26.6 Å². The maximum atomic E-state index is 14.3. The molecule has 2 aromatic rings. The van der Waals surface area contributed by atoms with Gasteiger partial charge >= 0.3 is 0 Å². The number of nitro benzene ring substituents is 2. The highest BCUT2D eigenvalue weighted by Gasteiger charge is 2.57. The van der Waals surface area contributed by atoms with Gasteiger partial charge in [-0.05, 0) is 24.6 Å². The highest BCUT2D eigenvalue weighted by Crippen LogP contribution is 2.37. The van der Waals surface area contributed by atoms with Gasteiger partial charge in [0.1, 0.15) is 122 Å². The van der Waals surface area contributed by atoms with Crippen LogP contribution in [0, 0.1) is 20.2 Å². The molecule has 37 heteroatoms. The summed E-state index contributed by atoms with van der Waals surface area (Å²) in [6, 6.07) is 3.99. The Bertz CT molecular complexity index is 2650. The maximum Gasteiger partial charge on any atom is 0.299 e. The van der Waals surface area contributed by atoms with Crippen LogP contribution in [0.25, 0.3) is 0 Å². The zero-order valence-corrected chi connectivity index (χ0v) is 47.3. The van der Waals surface area contributed by atoms with E-state index >= 15 is 0 Å². The number of hydrogen-bond acceptors (Lipinski definition) is 32. The van der Waals surface area contributed by atoms with Crippen molar-refractivity contribution < 1.29 is 138 Å². The predicted octanol–water partition coefficient (Wildman–Crippen LogP) is -7.81. The van der Waals surface area contributed by atoms with Crippen molar-refractivity contribution in [3.63, 3.8) is 0 Å². The summed E-state index contributed by atoms with van der Waals surface area (Å²) in [5, 5.41) is 179. The topological polar surface area (TPSA) is 553 Å². The molecule has 88 heavy (non-hydrogen) atoms. The van der Waals surface area contributed by atoms with Gasteiger partial charge in [-0.3, -0.25) is 34.6 Å². The van der Waals surface area contributed by atoms with Gasteiger partial charge < -0.3 is 140 Å². The van der Waals surface area contributed by atoms with E-state index in [1.54, 1.807) is 6.07 Å². The lowest BCUT2D eigenvalue weighted by Crippen LogP contribution is -2.71. The lowest BCUT2D eigenvalue weighted by molar-refractivity contribution is -0.393. The normalized spacial score (nSPS) is 37.7. The van der Waals surface area contributed by atoms with E-state index < -0.39 is 225 Å². The summed E-state index contributed by atoms with van der Waals surface area (Å²) in [5.41, 5.74) is -0.872. The molecule has 18 N–H and O–H groups in total. The van der Waals surface area contributed by atoms with Crippen LogP contribution in [0.4, 0.5) is 22.7 Å². The minimum atomic E-state index is -2.27. The monoisotopic (exact) mass is 1270 g/mol. The molecule has 0 aliphatic carbocycles. The number of ether oxygens (including phenoxy) is 10. The number of rotatable bonds is 26. The first-order valence-corrected chi connectivity index (χ1v) is 27.7. The molecule has 5 aliphatic rings. The number of aliphatic hydroxyl groups is 13. The fourth-order valence-corrected chi connectivity index (χ4v) is 10.6. The smallest absolute Gasteiger partial charge is 0.299 e. The van der Waals surface area contributed by atoms with E-state index in [4.69, 9.17) is 47.4 Å². The summed E-state index contributed by atoms with van der Waals surface area (Å²) >= 11 is 0. The van der Waals surface area contributed by atoms with Crippen molar-refractivity contribution in [2.75, 3.05) is 63.9 Å². The number of nitro groups is 2. The predicted molar refractivity (Wildman–Crippen MR) is 288 cm³/mol. The van der Waals surface area contributed by atoms with Gasteiger partial charge in [-0.2, -0.15) is 0 Å². The van der Waals surface area contributed by atoms with Gasteiger partial charge in [0.05, 0.1) is 67.2 Å². The van der Waals surface area contributed by atoms with Crippen molar-refractivity contribution in [1.82, 2.24) is 16.0 Å². The largest absolute Gasteiger partial charge is 0.394 e. The van der Waals surface area contributed by atoms with E-state index in [0.717, 1.165) is 32.0 Å². The first-order valence-electron chi connectivity index (χ1n) is 27.7. The number of anilines is 2. The Kier molecular flexibility index (Phi) is 24.9.